The van der Waals surface area contributed by atoms with Crippen LogP contribution in [0.15, 0.2) is 48.8 Å². The van der Waals surface area contributed by atoms with Crippen LogP contribution in [0.25, 0.3) is 11.2 Å². The van der Waals surface area contributed by atoms with Crippen molar-refractivity contribution in [3.63, 3.8) is 0 Å². The van der Waals surface area contributed by atoms with Gasteiger partial charge in [0.15, 0.2) is 5.65 Å². The number of aromatic nitrogens is 3. The SMILES string of the molecule is Cn1ccc2ncc(N3CCCC(COc4ccccc4)C3)nc21. The van der Waals surface area contributed by atoms with Crippen LogP contribution in [0, 0.1) is 5.92 Å². The molecule has 3 aromatic rings. The predicted molar refractivity (Wildman–Crippen MR) is 95.4 cm³/mol. The minimum atomic E-state index is 0.518. The van der Waals surface area contributed by atoms with Crippen molar-refractivity contribution in [2.45, 2.75) is 12.8 Å². The summed E-state index contributed by atoms with van der Waals surface area (Å²) in [4.78, 5) is 11.7. The van der Waals surface area contributed by atoms with Crippen LogP contribution >= 0.6 is 0 Å². The van der Waals surface area contributed by atoms with Crippen molar-refractivity contribution in [1.82, 2.24) is 14.5 Å². The molecule has 4 rings (SSSR count). The van der Waals surface area contributed by atoms with E-state index in [4.69, 9.17) is 9.72 Å². The van der Waals surface area contributed by atoms with Crippen molar-refractivity contribution in [3.8, 4) is 5.75 Å². The van der Waals surface area contributed by atoms with E-state index in [9.17, 15) is 0 Å². The molecule has 1 aliphatic rings. The summed E-state index contributed by atoms with van der Waals surface area (Å²) in [5, 5.41) is 0. The van der Waals surface area contributed by atoms with Gasteiger partial charge in [0.2, 0.25) is 0 Å². The summed E-state index contributed by atoms with van der Waals surface area (Å²) in [6, 6.07) is 12.0. The fourth-order valence-corrected chi connectivity index (χ4v) is 3.30. The molecule has 24 heavy (non-hydrogen) atoms. The van der Waals surface area contributed by atoms with E-state index < -0.39 is 0 Å². The van der Waals surface area contributed by atoms with E-state index in [2.05, 4.69) is 9.88 Å². The molecule has 0 aliphatic carbocycles. The van der Waals surface area contributed by atoms with E-state index in [1.165, 1.54) is 6.42 Å². The molecule has 1 aliphatic heterocycles. The number of nitrogens with zero attached hydrogens (tertiary/aromatic N) is 4. The number of hydrogen-bond acceptors (Lipinski definition) is 4. The number of fused-ring (bicyclic) bond motifs is 1. The number of benzene rings is 1. The molecular weight excluding hydrogens is 300 g/mol. The first kappa shape index (κ1) is 15.0. The number of ether oxygens (including phenoxy) is 1. The Kier molecular flexibility index (Phi) is 4.07. The zero-order valence-electron chi connectivity index (χ0n) is 13.9. The lowest BCUT2D eigenvalue weighted by Gasteiger charge is -2.33. The average Bonchev–Trinajstić information content (AvgIpc) is 3.02. The van der Waals surface area contributed by atoms with Crippen LogP contribution in [0.5, 0.6) is 5.75 Å². The molecule has 124 valence electrons. The molecular formula is C19H22N4O. The van der Waals surface area contributed by atoms with Crippen molar-refractivity contribution < 1.29 is 4.74 Å². The monoisotopic (exact) mass is 322 g/mol. The maximum Gasteiger partial charge on any atom is 0.160 e. The summed E-state index contributed by atoms with van der Waals surface area (Å²) < 4.78 is 7.96. The Labute approximate surface area is 141 Å². The van der Waals surface area contributed by atoms with Gasteiger partial charge in [-0.15, -0.1) is 0 Å². The highest BCUT2D eigenvalue weighted by Gasteiger charge is 2.22. The molecule has 1 atom stereocenters. The molecule has 1 aromatic carbocycles. The van der Waals surface area contributed by atoms with E-state index in [1.54, 1.807) is 0 Å². The zero-order chi connectivity index (χ0) is 16.4. The molecule has 1 unspecified atom stereocenters. The Morgan fingerprint density at radius 1 is 1.21 bits per heavy atom. The highest BCUT2D eigenvalue weighted by atomic mass is 16.5. The second-order valence-electron chi connectivity index (χ2n) is 6.44. The molecule has 0 saturated carbocycles. The van der Waals surface area contributed by atoms with Gasteiger partial charge < -0.3 is 14.2 Å². The molecule has 0 N–H and O–H groups in total. The van der Waals surface area contributed by atoms with Gasteiger partial charge in [-0.25, -0.2) is 9.97 Å². The van der Waals surface area contributed by atoms with Crippen molar-refractivity contribution in [1.29, 1.82) is 0 Å². The number of piperidine rings is 1. The molecule has 3 heterocycles. The third-order valence-electron chi connectivity index (χ3n) is 4.63. The molecule has 1 fully saturated rings. The molecule has 0 radical (unpaired) electrons. The van der Waals surface area contributed by atoms with Gasteiger partial charge >= 0.3 is 0 Å². The van der Waals surface area contributed by atoms with Crippen LogP contribution in [0.4, 0.5) is 5.82 Å². The summed E-state index contributed by atoms with van der Waals surface area (Å²) in [5.74, 6) is 2.43. The average molecular weight is 322 g/mol. The molecule has 0 spiro atoms. The maximum absolute atomic E-state index is 5.94. The van der Waals surface area contributed by atoms with Gasteiger partial charge in [0.05, 0.1) is 12.8 Å². The second kappa shape index (κ2) is 6.51. The highest BCUT2D eigenvalue weighted by Crippen LogP contribution is 2.23. The van der Waals surface area contributed by atoms with Gasteiger partial charge in [0, 0.05) is 32.3 Å². The molecule has 2 aromatic heterocycles. The van der Waals surface area contributed by atoms with Gasteiger partial charge in [0.1, 0.15) is 17.1 Å². The van der Waals surface area contributed by atoms with Crippen LogP contribution in [0.1, 0.15) is 12.8 Å². The minimum absolute atomic E-state index is 0.518. The van der Waals surface area contributed by atoms with Crippen molar-refractivity contribution >= 4 is 17.0 Å². The quantitative estimate of drug-likeness (QED) is 0.739. The van der Waals surface area contributed by atoms with Gasteiger partial charge in [-0.2, -0.15) is 0 Å². The smallest absolute Gasteiger partial charge is 0.160 e. The topological polar surface area (TPSA) is 43.2 Å². The lowest BCUT2D eigenvalue weighted by atomic mass is 9.99. The van der Waals surface area contributed by atoms with Crippen molar-refractivity contribution in [3.05, 3.63) is 48.8 Å². The first-order chi connectivity index (χ1) is 11.8. The van der Waals surface area contributed by atoms with Gasteiger partial charge in [-0.05, 0) is 31.0 Å². The number of anilines is 1. The summed E-state index contributed by atoms with van der Waals surface area (Å²) in [6.07, 6.45) is 6.25. The van der Waals surface area contributed by atoms with Crippen molar-refractivity contribution in [2.24, 2.45) is 13.0 Å². The predicted octanol–water partition coefficient (Wildman–Crippen LogP) is 3.26. The summed E-state index contributed by atoms with van der Waals surface area (Å²) in [7, 11) is 2.01. The molecule has 5 nitrogen and oxygen atoms in total. The Balaban J connectivity index is 1.44. The third kappa shape index (κ3) is 3.07. The second-order valence-corrected chi connectivity index (χ2v) is 6.44. The van der Waals surface area contributed by atoms with E-state index >= 15 is 0 Å². The fraction of sp³-hybridized carbons (Fsp3) is 0.368. The first-order valence-corrected chi connectivity index (χ1v) is 8.50. The van der Waals surface area contributed by atoms with Gasteiger partial charge in [-0.3, -0.25) is 0 Å². The van der Waals surface area contributed by atoms with E-state index in [1.807, 2.05) is 60.4 Å². The van der Waals surface area contributed by atoms with E-state index in [-0.39, 0.29) is 0 Å². The van der Waals surface area contributed by atoms with Crippen molar-refractivity contribution in [2.75, 3.05) is 24.6 Å². The number of para-hydroxylation sites is 1. The minimum Gasteiger partial charge on any atom is -0.493 e. The zero-order valence-corrected chi connectivity index (χ0v) is 13.9. The van der Waals surface area contributed by atoms with Crippen LogP contribution in [0.2, 0.25) is 0 Å². The summed E-state index contributed by atoms with van der Waals surface area (Å²) in [5.41, 5.74) is 1.89. The molecule has 1 saturated heterocycles. The van der Waals surface area contributed by atoms with Gasteiger partial charge in [0.25, 0.3) is 0 Å². The van der Waals surface area contributed by atoms with Crippen LogP contribution in [0.3, 0.4) is 0 Å². The Morgan fingerprint density at radius 3 is 2.96 bits per heavy atom. The maximum atomic E-state index is 5.94. The number of hydrogen-bond donors (Lipinski definition) is 0. The lowest BCUT2D eigenvalue weighted by Crippen LogP contribution is -2.38. The summed E-state index contributed by atoms with van der Waals surface area (Å²) >= 11 is 0. The third-order valence-corrected chi connectivity index (χ3v) is 4.63. The Morgan fingerprint density at radius 2 is 2.08 bits per heavy atom. The Bertz CT molecular complexity index is 815. The number of aryl methyl sites for hydroxylation is 1. The molecule has 0 amide bonds. The lowest BCUT2D eigenvalue weighted by molar-refractivity contribution is 0.228. The van der Waals surface area contributed by atoms with E-state index in [0.29, 0.717) is 5.92 Å². The van der Waals surface area contributed by atoms with E-state index in [0.717, 1.165) is 48.8 Å². The largest absolute Gasteiger partial charge is 0.493 e. The Hall–Kier alpha value is -2.56. The van der Waals surface area contributed by atoms with Crippen LogP contribution in [-0.4, -0.2) is 34.2 Å². The van der Waals surface area contributed by atoms with Gasteiger partial charge in [-0.1, -0.05) is 18.2 Å². The van der Waals surface area contributed by atoms with Crippen LogP contribution < -0.4 is 9.64 Å². The fourth-order valence-electron chi connectivity index (χ4n) is 3.30. The van der Waals surface area contributed by atoms with Crippen LogP contribution in [-0.2, 0) is 7.05 Å². The normalized spacial score (nSPS) is 18.0. The number of rotatable bonds is 4. The highest BCUT2D eigenvalue weighted by molar-refractivity contribution is 5.72. The first-order valence-electron chi connectivity index (χ1n) is 8.50. The standard InChI is InChI=1S/C19H22N4O/c1-22-11-9-17-19(22)21-18(12-20-17)23-10-5-6-15(13-23)14-24-16-7-3-2-4-8-16/h2-4,7-9,11-12,15H,5-6,10,13-14H2,1H3. The molecule has 5 heteroatoms. The summed E-state index contributed by atoms with van der Waals surface area (Å²) in [6.45, 7) is 2.75. The molecule has 0 bridgehead atoms.